The summed E-state index contributed by atoms with van der Waals surface area (Å²) in [5.41, 5.74) is 12.4. The number of thioether (sulfide) groups is 1. The highest BCUT2D eigenvalue weighted by Crippen LogP contribution is 2.54. The van der Waals surface area contributed by atoms with Crippen molar-refractivity contribution in [2.45, 2.75) is 28.9 Å². The lowest BCUT2D eigenvalue weighted by molar-refractivity contribution is 0.683. The number of rotatable bonds is 6. The van der Waals surface area contributed by atoms with Crippen LogP contribution in [0.15, 0.2) is 181 Å². The number of anilines is 3. The van der Waals surface area contributed by atoms with Crippen LogP contribution in [0.2, 0.25) is 0 Å². The topological polar surface area (TPSA) is 3.24 Å². The van der Waals surface area contributed by atoms with Gasteiger partial charge in [-0.1, -0.05) is 121 Å². The molecule has 2 unspecified atom stereocenters. The van der Waals surface area contributed by atoms with E-state index in [-0.39, 0.29) is 0 Å². The van der Waals surface area contributed by atoms with E-state index in [1.807, 2.05) is 11.3 Å². The molecule has 1 aliphatic heterocycles. The van der Waals surface area contributed by atoms with Gasteiger partial charge in [-0.2, -0.15) is 0 Å². The minimum absolute atomic E-state index is 0.478. The number of hydrogen-bond donors (Lipinski definition) is 0. The molecule has 2 aliphatic rings. The SMILES string of the molecule is C1=CC2c3cc(-c4ccccc4)c(N(c4ccc(-c5ccccc5)cc4)c4ccc(-c5ccc6sc7ccccc7c6c5)cc4)cc3SC2CC1. The lowest BCUT2D eigenvalue weighted by Crippen LogP contribution is -2.12. The monoisotopic (exact) mass is 689 g/mol. The summed E-state index contributed by atoms with van der Waals surface area (Å²) in [4.78, 5) is 3.87. The van der Waals surface area contributed by atoms with E-state index >= 15 is 0 Å². The third-order valence-electron chi connectivity index (χ3n) is 10.5. The maximum Gasteiger partial charge on any atom is 0.0551 e. The molecule has 3 heteroatoms. The van der Waals surface area contributed by atoms with Crippen LogP contribution >= 0.6 is 23.1 Å². The highest BCUT2D eigenvalue weighted by atomic mass is 32.2. The molecule has 1 nitrogen and oxygen atoms in total. The maximum atomic E-state index is 2.49. The van der Waals surface area contributed by atoms with Crippen LogP contribution in [0.1, 0.15) is 24.3 Å². The Balaban J connectivity index is 1.12. The summed E-state index contributed by atoms with van der Waals surface area (Å²) in [6, 6.07) is 60.5. The van der Waals surface area contributed by atoms with E-state index in [2.05, 4.69) is 193 Å². The Kier molecular flexibility index (Phi) is 7.62. The third-order valence-corrected chi connectivity index (χ3v) is 13.1. The van der Waals surface area contributed by atoms with Gasteiger partial charge in [-0.3, -0.25) is 0 Å². The first-order valence-corrected chi connectivity index (χ1v) is 19.5. The lowest BCUT2D eigenvalue weighted by atomic mass is 9.87. The van der Waals surface area contributed by atoms with Gasteiger partial charge in [0.25, 0.3) is 0 Å². The van der Waals surface area contributed by atoms with Crippen molar-refractivity contribution >= 4 is 60.3 Å². The second-order valence-electron chi connectivity index (χ2n) is 13.6. The van der Waals surface area contributed by atoms with Gasteiger partial charge < -0.3 is 4.90 Å². The fraction of sp³-hybridized carbons (Fsp3) is 0.0833. The van der Waals surface area contributed by atoms with E-state index in [0.717, 1.165) is 11.4 Å². The van der Waals surface area contributed by atoms with Crippen LogP contribution < -0.4 is 4.90 Å². The Morgan fingerprint density at radius 1 is 0.510 bits per heavy atom. The second kappa shape index (κ2) is 12.8. The Morgan fingerprint density at radius 3 is 1.86 bits per heavy atom. The third kappa shape index (κ3) is 5.49. The highest BCUT2D eigenvalue weighted by Gasteiger charge is 2.34. The van der Waals surface area contributed by atoms with E-state index in [1.54, 1.807) is 0 Å². The molecule has 0 amide bonds. The van der Waals surface area contributed by atoms with Crippen molar-refractivity contribution in [3.05, 3.63) is 182 Å². The predicted octanol–water partition coefficient (Wildman–Crippen LogP) is 14.4. The van der Waals surface area contributed by atoms with Gasteiger partial charge >= 0.3 is 0 Å². The molecule has 0 N–H and O–H groups in total. The summed E-state index contributed by atoms with van der Waals surface area (Å²) < 4.78 is 2.67. The molecule has 0 spiro atoms. The Bertz CT molecular complexity index is 2550. The number of allylic oxidation sites excluding steroid dienone is 2. The number of nitrogens with zero attached hydrogens (tertiary/aromatic N) is 1. The molecule has 8 aromatic rings. The summed E-state index contributed by atoms with van der Waals surface area (Å²) in [6.07, 6.45) is 7.24. The largest absolute Gasteiger partial charge is 0.310 e. The number of hydrogen-bond acceptors (Lipinski definition) is 3. The van der Waals surface area contributed by atoms with Crippen LogP contribution in [-0.4, -0.2) is 5.25 Å². The number of fused-ring (bicyclic) bond motifs is 6. The molecule has 7 aromatic carbocycles. The first-order chi connectivity index (χ1) is 25.3. The average Bonchev–Trinajstić information content (AvgIpc) is 3.76. The fourth-order valence-corrected chi connectivity index (χ4v) is 10.5. The van der Waals surface area contributed by atoms with Gasteiger partial charge in [0, 0.05) is 53.2 Å². The van der Waals surface area contributed by atoms with Crippen molar-refractivity contribution in [1.29, 1.82) is 0 Å². The predicted molar refractivity (Wildman–Crippen MR) is 221 cm³/mol. The first kappa shape index (κ1) is 30.5. The van der Waals surface area contributed by atoms with Crippen LogP contribution in [0.4, 0.5) is 17.1 Å². The van der Waals surface area contributed by atoms with Crippen molar-refractivity contribution in [1.82, 2.24) is 0 Å². The molecule has 0 bridgehead atoms. The van der Waals surface area contributed by atoms with E-state index < -0.39 is 0 Å². The van der Waals surface area contributed by atoms with Gasteiger partial charge in [0.1, 0.15) is 0 Å². The standard InChI is InChI=1S/C48H35NS2/c1-3-11-32(12-4-1)33-19-24-37(25-20-33)49(38-26-21-34(22-27-38)36-23-28-47-42(29-36)39-15-7-9-17-45(39)50-47)44-31-48-43(40-16-8-10-18-46(40)51-48)30-41(44)35-13-5-2-6-14-35/h1-9,11-17,19-31,40,46H,10,18H2. The molecule has 2 heterocycles. The minimum atomic E-state index is 0.478. The van der Waals surface area contributed by atoms with Crippen molar-refractivity contribution in [2.24, 2.45) is 0 Å². The van der Waals surface area contributed by atoms with Crippen LogP contribution in [0.3, 0.4) is 0 Å². The number of benzene rings is 7. The van der Waals surface area contributed by atoms with E-state index in [0.29, 0.717) is 11.2 Å². The Labute approximate surface area is 307 Å². The summed E-state index contributed by atoms with van der Waals surface area (Å²) in [5, 5.41) is 3.27. The molecule has 51 heavy (non-hydrogen) atoms. The lowest BCUT2D eigenvalue weighted by Gasteiger charge is -2.29. The summed E-state index contributed by atoms with van der Waals surface area (Å²) in [7, 11) is 0. The Morgan fingerprint density at radius 2 is 1.12 bits per heavy atom. The molecule has 0 fully saturated rings. The van der Waals surface area contributed by atoms with E-state index in [1.165, 1.54) is 82.5 Å². The van der Waals surface area contributed by atoms with Gasteiger partial charge in [-0.15, -0.1) is 23.1 Å². The van der Waals surface area contributed by atoms with E-state index in [9.17, 15) is 0 Å². The number of thiophene rings is 1. The van der Waals surface area contributed by atoms with Crippen molar-refractivity contribution < 1.29 is 0 Å². The normalized spacial score (nSPS) is 16.3. The summed E-state index contributed by atoms with van der Waals surface area (Å²) >= 11 is 3.94. The molecule has 244 valence electrons. The zero-order valence-corrected chi connectivity index (χ0v) is 29.7. The van der Waals surface area contributed by atoms with Crippen LogP contribution in [0.5, 0.6) is 0 Å². The van der Waals surface area contributed by atoms with Crippen molar-refractivity contribution in [2.75, 3.05) is 4.90 Å². The Hall–Kier alpha value is -5.35. The molecule has 0 saturated heterocycles. The molecule has 0 saturated carbocycles. The van der Waals surface area contributed by atoms with Gasteiger partial charge in [0.15, 0.2) is 0 Å². The van der Waals surface area contributed by atoms with Gasteiger partial charge in [0.2, 0.25) is 0 Å². The maximum absolute atomic E-state index is 2.49. The first-order valence-electron chi connectivity index (χ1n) is 17.8. The summed E-state index contributed by atoms with van der Waals surface area (Å²) in [5.74, 6) is 0.478. The quantitative estimate of drug-likeness (QED) is 0.160. The molecule has 2 atom stereocenters. The van der Waals surface area contributed by atoms with Gasteiger partial charge in [-0.25, -0.2) is 0 Å². The average molecular weight is 690 g/mol. The van der Waals surface area contributed by atoms with Crippen LogP contribution in [-0.2, 0) is 0 Å². The highest BCUT2D eigenvalue weighted by molar-refractivity contribution is 8.00. The molecule has 10 rings (SSSR count). The summed E-state index contributed by atoms with van der Waals surface area (Å²) in [6.45, 7) is 0. The van der Waals surface area contributed by atoms with Crippen molar-refractivity contribution in [3.8, 4) is 33.4 Å². The van der Waals surface area contributed by atoms with Gasteiger partial charge in [0.05, 0.1) is 5.69 Å². The van der Waals surface area contributed by atoms with Gasteiger partial charge in [-0.05, 0) is 101 Å². The minimum Gasteiger partial charge on any atom is -0.310 e. The van der Waals surface area contributed by atoms with Crippen molar-refractivity contribution in [3.63, 3.8) is 0 Å². The fourth-order valence-electron chi connectivity index (χ4n) is 7.96. The molecule has 1 aromatic heterocycles. The smallest absolute Gasteiger partial charge is 0.0551 e. The zero-order valence-electron chi connectivity index (χ0n) is 28.1. The van der Waals surface area contributed by atoms with Crippen LogP contribution in [0.25, 0.3) is 53.6 Å². The second-order valence-corrected chi connectivity index (χ2v) is 15.9. The molecular formula is C48H35NS2. The molecule has 1 aliphatic carbocycles. The van der Waals surface area contributed by atoms with Crippen LogP contribution in [0, 0.1) is 0 Å². The molecule has 0 radical (unpaired) electrons. The van der Waals surface area contributed by atoms with E-state index in [4.69, 9.17) is 0 Å². The zero-order chi connectivity index (χ0) is 33.7. The molecular weight excluding hydrogens is 655 g/mol.